The van der Waals surface area contributed by atoms with Crippen molar-refractivity contribution >= 4 is 17.9 Å². The van der Waals surface area contributed by atoms with E-state index in [2.05, 4.69) is 9.47 Å². The third-order valence-corrected chi connectivity index (χ3v) is 1.14. The van der Waals surface area contributed by atoms with Crippen molar-refractivity contribution in [2.45, 2.75) is 26.7 Å². The molecule has 0 aromatic heterocycles. The molecule has 0 fully saturated rings. The summed E-state index contributed by atoms with van der Waals surface area (Å²) in [4.78, 5) is 32.1. The topological polar surface area (TPSA) is 69.7 Å². The maximum Gasteiger partial charge on any atom is 0.516 e. The highest BCUT2D eigenvalue weighted by Crippen LogP contribution is 1.94. The van der Waals surface area contributed by atoms with Gasteiger partial charge in [-0.15, -0.1) is 0 Å². The van der Waals surface area contributed by atoms with Gasteiger partial charge in [-0.25, -0.2) is 9.59 Å². The average Bonchev–Trinajstić information content (AvgIpc) is 2.05. The lowest BCUT2D eigenvalue weighted by atomic mass is 10.2. The van der Waals surface area contributed by atoms with Crippen LogP contribution in [0, 0.1) is 0 Å². The third kappa shape index (κ3) is 4.95. The van der Waals surface area contributed by atoms with E-state index >= 15 is 0 Å². The lowest BCUT2D eigenvalue weighted by Gasteiger charge is -2.00. The Morgan fingerprint density at radius 1 is 1.15 bits per heavy atom. The van der Waals surface area contributed by atoms with Crippen molar-refractivity contribution in [2.24, 2.45) is 0 Å². The van der Waals surface area contributed by atoms with Gasteiger partial charge in [0.1, 0.15) is 0 Å². The molecule has 0 saturated carbocycles. The summed E-state index contributed by atoms with van der Waals surface area (Å²) in [6, 6.07) is 0. The molecular weight excluding hydrogens is 176 g/mol. The van der Waals surface area contributed by atoms with Crippen LogP contribution in [0.25, 0.3) is 0 Å². The quantitative estimate of drug-likeness (QED) is 0.374. The molecule has 5 nitrogen and oxygen atoms in total. The van der Waals surface area contributed by atoms with Crippen molar-refractivity contribution in [1.29, 1.82) is 0 Å². The molecule has 0 amide bonds. The van der Waals surface area contributed by atoms with Crippen LogP contribution < -0.4 is 0 Å². The first-order valence-electron chi connectivity index (χ1n) is 4.03. The van der Waals surface area contributed by atoms with E-state index in [-0.39, 0.29) is 13.0 Å². The summed E-state index contributed by atoms with van der Waals surface area (Å²) in [5.41, 5.74) is 0. The van der Waals surface area contributed by atoms with E-state index in [9.17, 15) is 14.4 Å². The molecule has 0 N–H and O–H groups in total. The Hall–Kier alpha value is -1.39. The molecule has 0 heterocycles. The zero-order valence-electron chi connectivity index (χ0n) is 7.66. The molecule has 0 rings (SSSR count). The normalized spacial score (nSPS) is 9.08. The fourth-order valence-electron chi connectivity index (χ4n) is 0.609. The second-order valence-electron chi connectivity index (χ2n) is 2.25. The summed E-state index contributed by atoms with van der Waals surface area (Å²) >= 11 is 0. The predicted molar refractivity (Wildman–Crippen MR) is 43.0 cm³/mol. The molecule has 0 unspecified atom stereocenters. The first kappa shape index (κ1) is 11.6. The largest absolute Gasteiger partial charge is 0.516 e. The van der Waals surface area contributed by atoms with Crippen molar-refractivity contribution in [3.63, 3.8) is 0 Å². The number of esters is 1. The Morgan fingerprint density at radius 2 is 1.77 bits per heavy atom. The first-order chi connectivity index (χ1) is 6.11. The van der Waals surface area contributed by atoms with Crippen molar-refractivity contribution < 1.29 is 23.9 Å². The molecule has 0 spiro atoms. The van der Waals surface area contributed by atoms with Gasteiger partial charge in [0.25, 0.3) is 0 Å². The fourth-order valence-corrected chi connectivity index (χ4v) is 0.609. The molecule has 0 bridgehead atoms. The molecule has 0 aliphatic heterocycles. The smallest absolute Gasteiger partial charge is 0.434 e. The van der Waals surface area contributed by atoms with Gasteiger partial charge in [-0.05, 0) is 13.3 Å². The standard InChI is InChI=1S/C8H12O5/c1-3-5-6(9)7(10)13-8(11)12-4-2/h3-5H2,1-2H3. The van der Waals surface area contributed by atoms with Gasteiger partial charge in [0.2, 0.25) is 5.78 Å². The maximum atomic E-state index is 10.8. The Bertz CT molecular complexity index is 209. The number of hydrogen-bond acceptors (Lipinski definition) is 5. The van der Waals surface area contributed by atoms with Gasteiger partial charge >= 0.3 is 12.1 Å². The van der Waals surface area contributed by atoms with Crippen LogP contribution >= 0.6 is 0 Å². The van der Waals surface area contributed by atoms with E-state index in [4.69, 9.17) is 0 Å². The minimum atomic E-state index is -1.15. The van der Waals surface area contributed by atoms with Crippen LogP contribution in [0.1, 0.15) is 26.7 Å². The number of hydrogen-bond donors (Lipinski definition) is 0. The molecular formula is C8H12O5. The lowest BCUT2D eigenvalue weighted by Crippen LogP contribution is -2.21. The molecule has 0 saturated heterocycles. The molecule has 0 radical (unpaired) electrons. The molecule has 74 valence electrons. The Kier molecular flexibility index (Phi) is 5.50. The second-order valence-corrected chi connectivity index (χ2v) is 2.25. The van der Waals surface area contributed by atoms with Crippen LogP contribution in [0.15, 0.2) is 0 Å². The summed E-state index contributed by atoms with van der Waals surface area (Å²) < 4.78 is 8.36. The van der Waals surface area contributed by atoms with Crippen LogP contribution in [-0.4, -0.2) is 24.5 Å². The van der Waals surface area contributed by atoms with Crippen molar-refractivity contribution in [3.05, 3.63) is 0 Å². The Labute approximate surface area is 76.0 Å². The van der Waals surface area contributed by atoms with Crippen molar-refractivity contribution in [1.82, 2.24) is 0 Å². The highest BCUT2D eigenvalue weighted by atomic mass is 16.7. The number of Topliss-reactive ketones (excluding diaryl/α,β-unsaturated/α-hetero) is 1. The molecule has 13 heavy (non-hydrogen) atoms. The first-order valence-corrected chi connectivity index (χ1v) is 4.03. The van der Waals surface area contributed by atoms with E-state index in [1.54, 1.807) is 13.8 Å². The summed E-state index contributed by atoms with van der Waals surface area (Å²) in [5, 5.41) is 0. The zero-order valence-corrected chi connectivity index (χ0v) is 7.66. The van der Waals surface area contributed by atoms with Gasteiger partial charge in [-0.2, -0.15) is 0 Å². The second kappa shape index (κ2) is 6.16. The van der Waals surface area contributed by atoms with E-state index in [1.165, 1.54) is 0 Å². The average molecular weight is 188 g/mol. The van der Waals surface area contributed by atoms with Gasteiger partial charge in [0.15, 0.2) is 0 Å². The highest BCUT2D eigenvalue weighted by molar-refractivity contribution is 6.34. The van der Waals surface area contributed by atoms with Crippen LogP contribution in [0.2, 0.25) is 0 Å². The van der Waals surface area contributed by atoms with Gasteiger partial charge in [0.05, 0.1) is 6.61 Å². The molecule has 0 aromatic carbocycles. The molecule has 5 heteroatoms. The summed E-state index contributed by atoms with van der Waals surface area (Å²) in [7, 11) is 0. The van der Waals surface area contributed by atoms with Crippen LogP contribution in [-0.2, 0) is 19.1 Å². The van der Waals surface area contributed by atoms with Crippen molar-refractivity contribution in [2.75, 3.05) is 6.61 Å². The van der Waals surface area contributed by atoms with Crippen LogP contribution in [0.4, 0.5) is 4.79 Å². The van der Waals surface area contributed by atoms with Crippen molar-refractivity contribution in [3.8, 4) is 0 Å². The van der Waals surface area contributed by atoms with Crippen LogP contribution in [0.5, 0.6) is 0 Å². The fraction of sp³-hybridized carbons (Fsp3) is 0.625. The van der Waals surface area contributed by atoms with Gasteiger partial charge in [-0.3, -0.25) is 4.79 Å². The highest BCUT2D eigenvalue weighted by Gasteiger charge is 2.18. The lowest BCUT2D eigenvalue weighted by molar-refractivity contribution is -0.151. The number of carbonyl (C=O) groups is 3. The number of carbonyl (C=O) groups excluding carboxylic acids is 3. The van der Waals surface area contributed by atoms with Gasteiger partial charge < -0.3 is 9.47 Å². The number of ketones is 1. The Balaban J connectivity index is 3.86. The monoisotopic (exact) mass is 188 g/mol. The van der Waals surface area contributed by atoms with E-state index in [1.807, 2.05) is 0 Å². The summed E-state index contributed by atoms with van der Waals surface area (Å²) in [6.07, 6.45) is -0.508. The molecule has 0 aliphatic rings. The number of ether oxygens (including phenoxy) is 2. The molecule has 0 aromatic rings. The summed E-state index contributed by atoms with van der Waals surface area (Å²) in [6.45, 7) is 3.42. The SMILES string of the molecule is CCCC(=O)C(=O)OC(=O)OCC. The molecule has 0 aliphatic carbocycles. The summed E-state index contributed by atoms with van der Waals surface area (Å²) in [5.74, 6) is -1.86. The minimum absolute atomic E-state index is 0.0816. The maximum absolute atomic E-state index is 10.8. The van der Waals surface area contributed by atoms with Gasteiger partial charge in [-0.1, -0.05) is 6.92 Å². The van der Waals surface area contributed by atoms with E-state index in [0.717, 1.165) is 0 Å². The zero-order chi connectivity index (χ0) is 10.3. The number of rotatable bonds is 4. The third-order valence-electron chi connectivity index (χ3n) is 1.14. The van der Waals surface area contributed by atoms with E-state index < -0.39 is 17.9 Å². The minimum Gasteiger partial charge on any atom is -0.434 e. The Morgan fingerprint density at radius 3 is 2.23 bits per heavy atom. The van der Waals surface area contributed by atoms with Crippen LogP contribution in [0.3, 0.4) is 0 Å². The van der Waals surface area contributed by atoms with E-state index in [0.29, 0.717) is 6.42 Å². The van der Waals surface area contributed by atoms with Gasteiger partial charge in [0, 0.05) is 6.42 Å². The predicted octanol–water partition coefficient (Wildman–Crippen LogP) is 1.06. The molecule has 0 atom stereocenters.